The highest BCUT2D eigenvalue weighted by molar-refractivity contribution is 6.07. The highest BCUT2D eigenvalue weighted by Gasteiger charge is 2.15. The van der Waals surface area contributed by atoms with Crippen LogP contribution in [0.4, 0.5) is 11.6 Å². The molecule has 122 valence electrons. The van der Waals surface area contributed by atoms with Crippen LogP contribution in [0.15, 0.2) is 48.4 Å². The lowest BCUT2D eigenvalue weighted by Crippen LogP contribution is -2.17. The van der Waals surface area contributed by atoms with Gasteiger partial charge in [0.05, 0.1) is 0 Å². The van der Waals surface area contributed by atoms with Crippen molar-refractivity contribution in [3.05, 3.63) is 59.6 Å². The quantitative estimate of drug-likeness (QED) is 0.651. The summed E-state index contributed by atoms with van der Waals surface area (Å²) in [6, 6.07) is 9.42. The number of aromatic nitrogens is 2. The fraction of sp³-hybridized carbons (Fsp3) is 0.222. The lowest BCUT2D eigenvalue weighted by Gasteiger charge is -2.16. The Hall–Kier alpha value is -3.20. The normalized spacial score (nSPS) is 11.0. The Morgan fingerprint density at radius 3 is 2.58 bits per heavy atom. The molecule has 2 N–H and O–H groups in total. The van der Waals surface area contributed by atoms with Gasteiger partial charge in [-0.3, -0.25) is 4.79 Å². The third-order valence-electron chi connectivity index (χ3n) is 3.44. The molecule has 0 aliphatic rings. The summed E-state index contributed by atoms with van der Waals surface area (Å²) in [5.74, 6) is 0.0968. The van der Waals surface area contributed by atoms with E-state index in [0.717, 1.165) is 16.8 Å². The maximum absolute atomic E-state index is 12.4. The first-order valence-electron chi connectivity index (χ1n) is 7.57. The summed E-state index contributed by atoms with van der Waals surface area (Å²) >= 11 is 0. The smallest absolute Gasteiger partial charge is 0.267 e. The predicted molar refractivity (Wildman–Crippen MR) is 93.2 cm³/mol. The van der Waals surface area contributed by atoms with Gasteiger partial charge >= 0.3 is 0 Å². The molecule has 24 heavy (non-hydrogen) atoms. The molecule has 2 rings (SSSR count). The number of para-hydroxylation sites is 1. The van der Waals surface area contributed by atoms with Gasteiger partial charge in [-0.1, -0.05) is 32.0 Å². The fourth-order valence-corrected chi connectivity index (χ4v) is 2.18. The van der Waals surface area contributed by atoms with Crippen LogP contribution in [0.3, 0.4) is 0 Å². The summed E-state index contributed by atoms with van der Waals surface area (Å²) in [4.78, 5) is 20.4. The molecular formula is C18H19N5O. The summed E-state index contributed by atoms with van der Waals surface area (Å²) in [5, 5.41) is 14.8. The Kier molecular flexibility index (Phi) is 5.63. The van der Waals surface area contributed by atoms with E-state index >= 15 is 0 Å². The van der Waals surface area contributed by atoms with Crippen LogP contribution < -0.4 is 10.6 Å². The number of hydrogen-bond acceptors (Lipinski definition) is 5. The van der Waals surface area contributed by atoms with Crippen molar-refractivity contribution in [3.63, 3.8) is 0 Å². The predicted octanol–water partition coefficient (Wildman–Crippen LogP) is 3.37. The first kappa shape index (κ1) is 17.2. The Bertz CT molecular complexity index is 791. The largest absolute Gasteiger partial charge is 0.329 e. The number of rotatable bonds is 5. The lowest BCUT2D eigenvalue weighted by molar-refractivity contribution is -0.112. The van der Waals surface area contributed by atoms with E-state index in [4.69, 9.17) is 0 Å². The first-order valence-corrected chi connectivity index (χ1v) is 7.57. The van der Waals surface area contributed by atoms with Gasteiger partial charge < -0.3 is 10.6 Å². The van der Waals surface area contributed by atoms with Gasteiger partial charge in [-0.25, -0.2) is 9.97 Å². The molecule has 6 nitrogen and oxygen atoms in total. The Labute approximate surface area is 141 Å². The summed E-state index contributed by atoms with van der Waals surface area (Å²) < 4.78 is 0. The van der Waals surface area contributed by atoms with E-state index in [1.54, 1.807) is 18.5 Å². The van der Waals surface area contributed by atoms with E-state index in [0.29, 0.717) is 5.95 Å². The first-order chi connectivity index (χ1) is 11.5. The van der Waals surface area contributed by atoms with Gasteiger partial charge in [0.1, 0.15) is 11.6 Å². The van der Waals surface area contributed by atoms with Crippen LogP contribution in [0.5, 0.6) is 0 Å². The minimum Gasteiger partial charge on any atom is -0.329 e. The molecule has 0 bridgehead atoms. The molecule has 0 aliphatic heterocycles. The molecule has 6 heteroatoms. The van der Waals surface area contributed by atoms with E-state index in [-0.39, 0.29) is 11.5 Å². The molecule has 1 aromatic heterocycles. The average Bonchev–Trinajstić information content (AvgIpc) is 2.58. The maximum Gasteiger partial charge on any atom is 0.267 e. The Balaban J connectivity index is 2.20. The van der Waals surface area contributed by atoms with E-state index in [1.165, 1.54) is 6.20 Å². The summed E-state index contributed by atoms with van der Waals surface area (Å²) in [5.41, 5.74) is 2.67. The number of nitrogens with one attached hydrogen (secondary N) is 2. The van der Waals surface area contributed by atoms with Crippen molar-refractivity contribution in [1.82, 2.24) is 9.97 Å². The molecule has 0 aliphatic carbocycles. The third kappa shape index (κ3) is 4.17. The van der Waals surface area contributed by atoms with E-state index < -0.39 is 5.91 Å². The van der Waals surface area contributed by atoms with E-state index in [1.807, 2.05) is 31.2 Å². The maximum atomic E-state index is 12.4. The molecule has 0 saturated heterocycles. The van der Waals surface area contributed by atoms with Gasteiger partial charge in [0.2, 0.25) is 5.95 Å². The third-order valence-corrected chi connectivity index (χ3v) is 3.44. The topological polar surface area (TPSA) is 90.7 Å². The number of benzene rings is 1. The summed E-state index contributed by atoms with van der Waals surface area (Å²) in [7, 11) is 0. The second kappa shape index (κ2) is 7.88. The van der Waals surface area contributed by atoms with Crippen molar-refractivity contribution in [1.29, 1.82) is 5.26 Å². The van der Waals surface area contributed by atoms with Crippen molar-refractivity contribution >= 4 is 17.5 Å². The minimum absolute atomic E-state index is 0.0552. The van der Waals surface area contributed by atoms with Crippen LogP contribution in [0.2, 0.25) is 0 Å². The minimum atomic E-state index is -0.475. The zero-order chi connectivity index (χ0) is 17.5. The van der Waals surface area contributed by atoms with Gasteiger partial charge in [-0.2, -0.15) is 5.26 Å². The van der Waals surface area contributed by atoms with Crippen LogP contribution in [-0.2, 0) is 4.79 Å². The second-order valence-electron chi connectivity index (χ2n) is 5.53. The SMILES string of the molecule is Cc1cccc(C(C)C)c1NC(=O)/C(C#N)=C\Nc1ncccn1. The van der Waals surface area contributed by atoms with Crippen molar-refractivity contribution in [2.24, 2.45) is 0 Å². The van der Waals surface area contributed by atoms with Crippen LogP contribution in [0.25, 0.3) is 0 Å². The van der Waals surface area contributed by atoms with E-state index in [2.05, 4.69) is 34.4 Å². The number of carbonyl (C=O) groups excluding carboxylic acids is 1. The molecule has 1 amide bonds. The number of amides is 1. The number of hydrogen-bond donors (Lipinski definition) is 2. The van der Waals surface area contributed by atoms with Crippen LogP contribution >= 0.6 is 0 Å². The Morgan fingerprint density at radius 2 is 1.96 bits per heavy atom. The summed E-state index contributed by atoms with van der Waals surface area (Å²) in [6.45, 7) is 6.03. The molecule has 1 aromatic carbocycles. The molecule has 0 spiro atoms. The monoisotopic (exact) mass is 321 g/mol. The zero-order valence-corrected chi connectivity index (χ0v) is 13.9. The number of aryl methyl sites for hydroxylation is 1. The molecule has 0 unspecified atom stereocenters. The van der Waals surface area contributed by atoms with Crippen molar-refractivity contribution in [2.75, 3.05) is 10.6 Å². The van der Waals surface area contributed by atoms with Gasteiger partial charge in [0.15, 0.2) is 0 Å². The highest BCUT2D eigenvalue weighted by Crippen LogP contribution is 2.27. The number of carbonyl (C=O) groups is 1. The zero-order valence-electron chi connectivity index (χ0n) is 13.9. The number of anilines is 2. The lowest BCUT2D eigenvalue weighted by atomic mass is 9.98. The van der Waals surface area contributed by atoms with E-state index in [9.17, 15) is 10.1 Å². The van der Waals surface area contributed by atoms with Crippen molar-refractivity contribution < 1.29 is 4.79 Å². The molecular weight excluding hydrogens is 302 g/mol. The van der Waals surface area contributed by atoms with Crippen LogP contribution in [-0.4, -0.2) is 15.9 Å². The number of nitrogens with zero attached hydrogens (tertiary/aromatic N) is 3. The van der Waals surface area contributed by atoms with Crippen molar-refractivity contribution in [3.8, 4) is 6.07 Å². The van der Waals surface area contributed by atoms with Gasteiger partial charge in [-0.05, 0) is 30.0 Å². The van der Waals surface area contributed by atoms with Gasteiger partial charge in [0.25, 0.3) is 5.91 Å². The molecule has 2 aromatic rings. The van der Waals surface area contributed by atoms with Gasteiger partial charge in [-0.15, -0.1) is 0 Å². The molecule has 0 fully saturated rings. The fourth-order valence-electron chi connectivity index (χ4n) is 2.18. The molecule has 0 saturated carbocycles. The molecule has 0 radical (unpaired) electrons. The van der Waals surface area contributed by atoms with Crippen LogP contribution in [0, 0.1) is 18.3 Å². The molecule has 1 heterocycles. The van der Waals surface area contributed by atoms with Crippen molar-refractivity contribution in [2.45, 2.75) is 26.7 Å². The Morgan fingerprint density at radius 1 is 1.25 bits per heavy atom. The number of nitriles is 1. The second-order valence-corrected chi connectivity index (χ2v) is 5.53. The van der Waals surface area contributed by atoms with Crippen LogP contribution in [0.1, 0.15) is 30.9 Å². The summed E-state index contributed by atoms with van der Waals surface area (Å²) in [6.07, 6.45) is 4.44. The highest BCUT2D eigenvalue weighted by atomic mass is 16.1. The average molecular weight is 321 g/mol. The molecule has 0 atom stereocenters. The van der Waals surface area contributed by atoms with Gasteiger partial charge in [0, 0.05) is 24.3 Å². The standard InChI is InChI=1S/C18H19N5O/c1-12(2)15-7-4-6-13(3)16(15)23-17(24)14(10-19)11-22-18-20-8-5-9-21-18/h4-9,11-12H,1-3H3,(H,23,24)(H,20,21,22)/b14-11-.